The normalized spacial score (nSPS) is 13.8. The molecule has 0 heterocycles. The molecular formula is C13H13F3O4. The van der Waals surface area contributed by atoms with Crippen molar-refractivity contribution in [3.8, 4) is 0 Å². The van der Waals surface area contributed by atoms with Crippen molar-refractivity contribution in [1.29, 1.82) is 0 Å². The molecule has 0 saturated heterocycles. The van der Waals surface area contributed by atoms with Crippen molar-refractivity contribution >= 4 is 11.9 Å². The molecule has 1 atom stereocenters. The number of benzene rings is 1. The highest BCUT2D eigenvalue weighted by molar-refractivity contribution is 6.05. The van der Waals surface area contributed by atoms with E-state index in [-0.39, 0.29) is 12.2 Å². The third-order valence-corrected chi connectivity index (χ3v) is 2.77. The van der Waals surface area contributed by atoms with Gasteiger partial charge >= 0.3 is 11.9 Å². The summed E-state index contributed by atoms with van der Waals surface area (Å²) in [6, 6.07) is 4.01. The number of rotatable bonds is 6. The van der Waals surface area contributed by atoms with Gasteiger partial charge in [0.05, 0.1) is 6.61 Å². The van der Waals surface area contributed by atoms with Crippen LogP contribution >= 0.6 is 0 Å². The van der Waals surface area contributed by atoms with E-state index in [9.17, 15) is 27.9 Å². The highest BCUT2D eigenvalue weighted by Gasteiger charge is 2.51. The van der Waals surface area contributed by atoms with Crippen LogP contribution in [-0.2, 0) is 19.7 Å². The van der Waals surface area contributed by atoms with Crippen LogP contribution in [0, 0.1) is 5.82 Å². The second-order valence-corrected chi connectivity index (χ2v) is 4.04. The van der Waals surface area contributed by atoms with Crippen molar-refractivity contribution in [2.24, 2.45) is 0 Å². The van der Waals surface area contributed by atoms with Gasteiger partial charge in [-0.3, -0.25) is 9.59 Å². The molecule has 4 nitrogen and oxygen atoms in total. The van der Waals surface area contributed by atoms with E-state index in [1.165, 1.54) is 6.92 Å². The lowest BCUT2D eigenvalue weighted by Crippen LogP contribution is -2.46. The fourth-order valence-electron chi connectivity index (χ4n) is 1.86. The Balaban J connectivity index is 3.44. The van der Waals surface area contributed by atoms with Gasteiger partial charge in [0.2, 0.25) is 6.43 Å². The Morgan fingerprint density at radius 2 is 2.05 bits per heavy atom. The number of halogens is 3. The van der Waals surface area contributed by atoms with Crippen molar-refractivity contribution in [3.05, 3.63) is 35.6 Å². The summed E-state index contributed by atoms with van der Waals surface area (Å²) in [5.74, 6) is -3.97. The Morgan fingerprint density at radius 3 is 2.50 bits per heavy atom. The van der Waals surface area contributed by atoms with Gasteiger partial charge in [-0.05, 0) is 24.6 Å². The number of carbonyl (C=O) groups excluding carboxylic acids is 1. The molecule has 7 heteroatoms. The molecule has 0 bridgehead atoms. The fourth-order valence-corrected chi connectivity index (χ4v) is 1.86. The molecular weight excluding hydrogens is 277 g/mol. The number of hydrogen-bond donors (Lipinski definition) is 1. The van der Waals surface area contributed by atoms with Crippen LogP contribution in [0.5, 0.6) is 0 Å². The van der Waals surface area contributed by atoms with Crippen LogP contribution in [0.1, 0.15) is 18.9 Å². The number of carboxylic acids is 1. The first-order valence-electron chi connectivity index (χ1n) is 5.79. The van der Waals surface area contributed by atoms with Crippen molar-refractivity contribution in [2.45, 2.75) is 25.2 Å². The molecule has 1 aromatic carbocycles. The number of aliphatic carboxylic acids is 1. The summed E-state index contributed by atoms with van der Waals surface area (Å²) >= 11 is 0. The zero-order chi connectivity index (χ0) is 15.3. The van der Waals surface area contributed by atoms with Gasteiger partial charge in [0, 0.05) is 6.42 Å². The van der Waals surface area contributed by atoms with E-state index in [2.05, 4.69) is 4.74 Å². The SMILES string of the molecule is CCOC(=O)C(CC(F)F)(C(=O)O)c1cccc(F)c1. The lowest BCUT2D eigenvalue weighted by atomic mass is 9.77. The predicted molar refractivity (Wildman–Crippen MR) is 63.0 cm³/mol. The average molecular weight is 290 g/mol. The first-order chi connectivity index (χ1) is 9.34. The summed E-state index contributed by atoms with van der Waals surface area (Å²) in [6.07, 6.45) is -4.36. The largest absolute Gasteiger partial charge is 0.480 e. The molecule has 110 valence electrons. The third kappa shape index (κ3) is 3.09. The number of carbonyl (C=O) groups is 2. The van der Waals surface area contributed by atoms with E-state index in [0.29, 0.717) is 0 Å². The average Bonchev–Trinajstić information content (AvgIpc) is 2.35. The quantitative estimate of drug-likeness (QED) is 0.645. The van der Waals surface area contributed by atoms with Gasteiger partial charge < -0.3 is 9.84 Å². The third-order valence-electron chi connectivity index (χ3n) is 2.77. The van der Waals surface area contributed by atoms with Gasteiger partial charge in [-0.15, -0.1) is 0 Å². The minimum atomic E-state index is -3.07. The molecule has 1 N–H and O–H groups in total. The first-order valence-corrected chi connectivity index (χ1v) is 5.79. The van der Waals surface area contributed by atoms with Gasteiger partial charge in [0.15, 0.2) is 5.41 Å². The Bertz CT molecular complexity index is 504. The molecule has 0 fully saturated rings. The van der Waals surface area contributed by atoms with Crippen molar-refractivity contribution < 1.29 is 32.6 Å². The van der Waals surface area contributed by atoms with Crippen LogP contribution in [0.2, 0.25) is 0 Å². The number of hydrogen-bond acceptors (Lipinski definition) is 3. The monoisotopic (exact) mass is 290 g/mol. The molecule has 20 heavy (non-hydrogen) atoms. The first kappa shape index (κ1) is 16.0. The van der Waals surface area contributed by atoms with Crippen LogP contribution in [-0.4, -0.2) is 30.1 Å². The second kappa shape index (κ2) is 6.40. The maximum absolute atomic E-state index is 13.2. The summed E-state index contributed by atoms with van der Waals surface area (Å²) in [5.41, 5.74) is -2.99. The van der Waals surface area contributed by atoms with Gasteiger partial charge in [-0.2, -0.15) is 0 Å². The summed E-state index contributed by atoms with van der Waals surface area (Å²) in [7, 11) is 0. The van der Waals surface area contributed by atoms with E-state index in [1.807, 2.05) is 0 Å². The molecule has 0 spiro atoms. The molecule has 0 saturated carbocycles. The Kier molecular flexibility index (Phi) is 5.12. The van der Waals surface area contributed by atoms with E-state index < -0.39 is 36.0 Å². The molecule has 0 aliphatic rings. The molecule has 0 aliphatic carbocycles. The Hall–Kier alpha value is -2.05. The standard InChI is InChI=1S/C13H13F3O4/c1-2-20-12(19)13(11(17)18,7-10(15)16)8-4-3-5-9(14)6-8/h3-6,10H,2,7H2,1H3,(H,17,18). The zero-order valence-corrected chi connectivity index (χ0v) is 10.6. The number of alkyl halides is 2. The highest BCUT2D eigenvalue weighted by Crippen LogP contribution is 2.33. The fraction of sp³-hybridized carbons (Fsp3) is 0.385. The summed E-state index contributed by atoms with van der Waals surface area (Å²) < 4.78 is 43.2. The maximum atomic E-state index is 13.2. The zero-order valence-electron chi connectivity index (χ0n) is 10.6. The van der Waals surface area contributed by atoms with Crippen LogP contribution in [0.4, 0.5) is 13.2 Å². The smallest absolute Gasteiger partial charge is 0.328 e. The number of ether oxygens (including phenoxy) is 1. The summed E-state index contributed by atoms with van der Waals surface area (Å²) in [6.45, 7) is 1.24. The lowest BCUT2D eigenvalue weighted by molar-refractivity contribution is -0.164. The lowest BCUT2D eigenvalue weighted by Gasteiger charge is -2.27. The van der Waals surface area contributed by atoms with E-state index in [1.54, 1.807) is 0 Å². The molecule has 0 aliphatic heterocycles. The molecule has 1 rings (SSSR count). The van der Waals surface area contributed by atoms with Crippen LogP contribution in [0.15, 0.2) is 24.3 Å². The van der Waals surface area contributed by atoms with Crippen molar-refractivity contribution in [2.75, 3.05) is 6.61 Å². The number of carboxylic acid groups (broad SMARTS) is 1. The van der Waals surface area contributed by atoms with Gasteiger partial charge in [-0.25, -0.2) is 13.2 Å². The maximum Gasteiger partial charge on any atom is 0.328 e. The second-order valence-electron chi connectivity index (χ2n) is 4.04. The van der Waals surface area contributed by atoms with Crippen LogP contribution in [0.25, 0.3) is 0 Å². The van der Waals surface area contributed by atoms with E-state index >= 15 is 0 Å². The molecule has 1 unspecified atom stereocenters. The highest BCUT2D eigenvalue weighted by atomic mass is 19.3. The van der Waals surface area contributed by atoms with Crippen LogP contribution < -0.4 is 0 Å². The molecule has 0 radical (unpaired) electrons. The molecule has 0 aromatic heterocycles. The topological polar surface area (TPSA) is 63.6 Å². The summed E-state index contributed by atoms with van der Waals surface area (Å²) in [5, 5.41) is 9.26. The van der Waals surface area contributed by atoms with Crippen molar-refractivity contribution in [1.82, 2.24) is 0 Å². The minimum absolute atomic E-state index is 0.174. The summed E-state index contributed by atoms with van der Waals surface area (Å²) in [4.78, 5) is 23.3. The van der Waals surface area contributed by atoms with Crippen LogP contribution in [0.3, 0.4) is 0 Å². The van der Waals surface area contributed by atoms with E-state index in [4.69, 9.17) is 0 Å². The minimum Gasteiger partial charge on any atom is -0.480 e. The number of esters is 1. The van der Waals surface area contributed by atoms with Gasteiger partial charge in [0.25, 0.3) is 0 Å². The predicted octanol–water partition coefficient (Wildman–Crippen LogP) is 2.37. The molecule has 1 aromatic rings. The van der Waals surface area contributed by atoms with Crippen molar-refractivity contribution in [3.63, 3.8) is 0 Å². The van der Waals surface area contributed by atoms with E-state index in [0.717, 1.165) is 24.3 Å². The Labute approximate surface area is 113 Å². The van der Waals surface area contributed by atoms with Gasteiger partial charge in [-0.1, -0.05) is 12.1 Å². The van der Waals surface area contributed by atoms with Gasteiger partial charge in [0.1, 0.15) is 5.82 Å². The molecule has 0 amide bonds. The Morgan fingerprint density at radius 1 is 1.40 bits per heavy atom.